The van der Waals surface area contributed by atoms with Gasteiger partial charge in [-0.3, -0.25) is 9.20 Å². The maximum absolute atomic E-state index is 13.0. The predicted molar refractivity (Wildman–Crippen MR) is 120 cm³/mol. The maximum Gasteiger partial charge on any atom is 0.416 e. The molecule has 1 unspecified atom stereocenters. The minimum atomic E-state index is -4.54. The van der Waals surface area contributed by atoms with Gasteiger partial charge in [0.2, 0.25) is 5.91 Å². The van der Waals surface area contributed by atoms with E-state index in [1.807, 2.05) is 42.5 Å². The van der Waals surface area contributed by atoms with Crippen molar-refractivity contribution in [2.24, 2.45) is 0 Å². The molecule has 4 aromatic rings. The van der Waals surface area contributed by atoms with Gasteiger partial charge in [0, 0.05) is 5.39 Å². The van der Waals surface area contributed by atoms with Crippen LogP contribution in [0.5, 0.6) is 0 Å². The summed E-state index contributed by atoms with van der Waals surface area (Å²) in [4.78, 5) is 12.7. The molecule has 1 atom stereocenters. The van der Waals surface area contributed by atoms with Gasteiger partial charge in [-0.1, -0.05) is 41.6 Å². The molecular weight excluding hydrogens is 461 g/mol. The number of nitrogens with one attached hydrogen (secondary N) is 1. The molecular formula is C22H18ClF3N4OS. The lowest BCUT2D eigenvalue weighted by molar-refractivity contribution is -0.137. The second kappa shape index (κ2) is 8.29. The van der Waals surface area contributed by atoms with E-state index in [1.54, 1.807) is 6.92 Å². The first kappa shape index (κ1) is 22.4. The molecule has 4 rings (SSSR count). The van der Waals surface area contributed by atoms with Gasteiger partial charge in [0.25, 0.3) is 0 Å². The monoisotopic (exact) mass is 478 g/mol. The smallest absolute Gasteiger partial charge is 0.324 e. The Morgan fingerprint density at radius 1 is 1.12 bits per heavy atom. The number of hydrogen-bond acceptors (Lipinski definition) is 4. The van der Waals surface area contributed by atoms with Crippen molar-refractivity contribution < 1.29 is 18.0 Å². The van der Waals surface area contributed by atoms with Crippen molar-refractivity contribution in [1.82, 2.24) is 14.6 Å². The number of halogens is 4. The number of carbonyl (C=O) groups is 1. The van der Waals surface area contributed by atoms with Crippen LogP contribution in [0.25, 0.3) is 16.6 Å². The van der Waals surface area contributed by atoms with E-state index in [-0.39, 0.29) is 10.7 Å². The molecule has 0 aliphatic rings. The summed E-state index contributed by atoms with van der Waals surface area (Å²) in [7, 11) is 0. The van der Waals surface area contributed by atoms with E-state index in [4.69, 9.17) is 11.6 Å². The van der Waals surface area contributed by atoms with E-state index in [0.717, 1.165) is 52.0 Å². The third-order valence-electron chi connectivity index (χ3n) is 5.09. The molecule has 0 fully saturated rings. The zero-order valence-corrected chi connectivity index (χ0v) is 18.9. The Kier molecular flexibility index (Phi) is 5.81. The molecule has 5 nitrogen and oxygen atoms in total. The van der Waals surface area contributed by atoms with Crippen molar-refractivity contribution in [2.45, 2.75) is 37.4 Å². The number of para-hydroxylation sites is 1. The topological polar surface area (TPSA) is 59.3 Å². The van der Waals surface area contributed by atoms with E-state index in [2.05, 4.69) is 15.5 Å². The Hall–Kier alpha value is -2.78. The average molecular weight is 479 g/mol. The number of fused-ring (bicyclic) bond motifs is 3. The lowest BCUT2D eigenvalue weighted by Crippen LogP contribution is -2.23. The summed E-state index contributed by atoms with van der Waals surface area (Å²) in [6, 6.07) is 10.7. The third kappa shape index (κ3) is 4.14. The van der Waals surface area contributed by atoms with Crippen molar-refractivity contribution in [3.8, 4) is 0 Å². The normalized spacial score (nSPS) is 13.0. The SMILES string of the molecule is Cc1cc2nnc(SC(C)C(=O)Nc3cc(C(F)(F)F)ccc3Cl)n2c2c(C)cccc12. The van der Waals surface area contributed by atoms with Gasteiger partial charge in [0.1, 0.15) is 0 Å². The summed E-state index contributed by atoms with van der Waals surface area (Å²) in [5.41, 5.74) is 2.71. The molecule has 0 radical (unpaired) electrons. The van der Waals surface area contributed by atoms with Crippen LogP contribution in [-0.4, -0.2) is 25.8 Å². The summed E-state index contributed by atoms with van der Waals surface area (Å²) in [5, 5.41) is 11.9. The fraction of sp³-hybridized carbons (Fsp3) is 0.227. The average Bonchev–Trinajstić information content (AvgIpc) is 3.11. The van der Waals surface area contributed by atoms with Crippen LogP contribution in [-0.2, 0) is 11.0 Å². The first-order valence-corrected chi connectivity index (χ1v) is 10.9. The van der Waals surface area contributed by atoms with E-state index in [1.165, 1.54) is 0 Å². The van der Waals surface area contributed by atoms with Crippen molar-refractivity contribution in [2.75, 3.05) is 5.32 Å². The highest BCUT2D eigenvalue weighted by Crippen LogP contribution is 2.35. The maximum atomic E-state index is 13.0. The fourth-order valence-corrected chi connectivity index (χ4v) is 4.48. The molecule has 166 valence electrons. The minimum absolute atomic E-state index is 0.0218. The summed E-state index contributed by atoms with van der Waals surface area (Å²) < 4.78 is 40.9. The number of pyridine rings is 1. The second-order valence-corrected chi connectivity index (χ2v) is 9.13. The Bertz CT molecular complexity index is 1350. The van der Waals surface area contributed by atoms with Gasteiger partial charge in [0.15, 0.2) is 10.8 Å². The second-order valence-electron chi connectivity index (χ2n) is 7.42. The lowest BCUT2D eigenvalue weighted by atomic mass is 10.1. The van der Waals surface area contributed by atoms with Crippen LogP contribution in [0.1, 0.15) is 23.6 Å². The number of benzene rings is 2. The molecule has 0 spiro atoms. The Morgan fingerprint density at radius 3 is 2.59 bits per heavy atom. The molecule has 2 aromatic heterocycles. The number of carbonyl (C=O) groups excluding carboxylic acids is 1. The number of aryl methyl sites for hydroxylation is 2. The Morgan fingerprint density at radius 2 is 1.88 bits per heavy atom. The van der Waals surface area contributed by atoms with Crippen LogP contribution in [0.2, 0.25) is 5.02 Å². The molecule has 0 saturated carbocycles. The summed E-state index contributed by atoms with van der Waals surface area (Å²) >= 11 is 7.16. The van der Waals surface area contributed by atoms with E-state index in [9.17, 15) is 18.0 Å². The number of aromatic nitrogens is 3. The number of thioether (sulfide) groups is 1. The molecule has 1 amide bonds. The molecule has 2 heterocycles. The van der Waals surface area contributed by atoms with Crippen molar-refractivity contribution in [1.29, 1.82) is 0 Å². The van der Waals surface area contributed by atoms with Gasteiger partial charge < -0.3 is 5.32 Å². The zero-order valence-electron chi connectivity index (χ0n) is 17.3. The molecule has 1 N–H and O–H groups in total. The van der Waals surface area contributed by atoms with E-state index >= 15 is 0 Å². The van der Waals surface area contributed by atoms with Crippen LogP contribution in [0, 0.1) is 13.8 Å². The molecule has 0 aliphatic carbocycles. The zero-order chi connectivity index (χ0) is 23.2. The largest absolute Gasteiger partial charge is 0.416 e. The highest BCUT2D eigenvalue weighted by Gasteiger charge is 2.31. The van der Waals surface area contributed by atoms with Crippen molar-refractivity contribution in [3.05, 3.63) is 64.2 Å². The summed E-state index contributed by atoms with van der Waals surface area (Å²) in [6.45, 7) is 5.63. The fourth-order valence-electron chi connectivity index (χ4n) is 3.45. The van der Waals surface area contributed by atoms with Crippen molar-refractivity contribution >= 4 is 51.5 Å². The lowest BCUT2D eigenvalue weighted by Gasteiger charge is -2.15. The number of hydrogen-bond donors (Lipinski definition) is 1. The van der Waals surface area contributed by atoms with Gasteiger partial charge in [-0.15, -0.1) is 10.2 Å². The van der Waals surface area contributed by atoms with Crippen LogP contribution in [0.15, 0.2) is 47.6 Å². The van der Waals surface area contributed by atoms with Crippen LogP contribution < -0.4 is 5.32 Å². The summed E-state index contributed by atoms with van der Waals surface area (Å²) in [6.07, 6.45) is -4.54. The quantitative estimate of drug-likeness (QED) is 0.350. The van der Waals surface area contributed by atoms with Crippen LogP contribution in [0.4, 0.5) is 18.9 Å². The highest BCUT2D eigenvalue weighted by atomic mass is 35.5. The molecule has 0 saturated heterocycles. The van der Waals surface area contributed by atoms with Crippen molar-refractivity contribution in [3.63, 3.8) is 0 Å². The molecule has 32 heavy (non-hydrogen) atoms. The first-order chi connectivity index (χ1) is 15.1. The van der Waals surface area contributed by atoms with Gasteiger partial charge in [-0.05, 0) is 56.2 Å². The third-order valence-corrected chi connectivity index (χ3v) is 6.47. The van der Waals surface area contributed by atoms with Crippen LogP contribution in [0.3, 0.4) is 0 Å². The molecule has 0 bridgehead atoms. The van der Waals surface area contributed by atoms with Gasteiger partial charge in [0.05, 0.1) is 27.0 Å². The van der Waals surface area contributed by atoms with Gasteiger partial charge in [-0.2, -0.15) is 13.2 Å². The van der Waals surface area contributed by atoms with E-state index in [0.29, 0.717) is 10.8 Å². The number of alkyl halides is 3. The Balaban J connectivity index is 1.64. The molecule has 0 aliphatic heterocycles. The van der Waals surface area contributed by atoms with Gasteiger partial charge >= 0.3 is 6.18 Å². The number of amides is 1. The highest BCUT2D eigenvalue weighted by molar-refractivity contribution is 8.00. The van der Waals surface area contributed by atoms with E-state index < -0.39 is 22.9 Å². The molecule has 10 heteroatoms. The first-order valence-electron chi connectivity index (χ1n) is 9.64. The number of nitrogens with zero attached hydrogens (tertiary/aromatic N) is 3. The minimum Gasteiger partial charge on any atom is -0.324 e. The number of anilines is 1. The van der Waals surface area contributed by atoms with Crippen LogP contribution >= 0.6 is 23.4 Å². The predicted octanol–water partition coefficient (Wildman–Crippen LogP) is 6.29. The Labute approximate surface area is 191 Å². The van der Waals surface area contributed by atoms with Gasteiger partial charge in [-0.25, -0.2) is 0 Å². The summed E-state index contributed by atoms with van der Waals surface area (Å²) in [5.74, 6) is -0.499. The number of rotatable bonds is 4. The molecule has 2 aromatic carbocycles. The standard InChI is InChI=1S/C22H18ClF3N4OS/c1-11-5-4-6-15-12(2)9-18-28-29-21(30(18)19(11)15)32-13(3)20(31)27-17-10-14(22(24,25)26)7-8-16(17)23/h4-10,13H,1-3H3,(H,27,31).